The van der Waals surface area contributed by atoms with Gasteiger partial charge in [0.05, 0.1) is 17.3 Å². The maximum Gasteiger partial charge on any atom is 0.394 e. The van der Waals surface area contributed by atoms with Gasteiger partial charge in [-0.2, -0.15) is 0 Å². The van der Waals surface area contributed by atoms with Crippen LogP contribution in [0.15, 0.2) is 36.7 Å². The number of carbonyl (C=O) groups is 3. The zero-order chi connectivity index (χ0) is 29.4. The van der Waals surface area contributed by atoms with Crippen molar-refractivity contribution in [3.63, 3.8) is 0 Å². The second-order valence-electron chi connectivity index (χ2n) is 9.79. The minimum Gasteiger partial charge on any atom is -0.474 e. The van der Waals surface area contributed by atoms with E-state index >= 15 is 0 Å². The van der Waals surface area contributed by atoms with Gasteiger partial charge in [-0.15, -0.1) is 0 Å². The smallest absolute Gasteiger partial charge is 0.394 e. The fourth-order valence-corrected chi connectivity index (χ4v) is 4.83. The molecule has 1 aliphatic rings. The number of carbonyl (C=O) groups excluding carboxylic acids is 2. The quantitative estimate of drug-likeness (QED) is 0.349. The van der Waals surface area contributed by atoms with Crippen molar-refractivity contribution in [3.8, 4) is 11.3 Å². The van der Waals surface area contributed by atoms with Gasteiger partial charge in [0.25, 0.3) is 5.91 Å². The van der Waals surface area contributed by atoms with Gasteiger partial charge >= 0.3 is 11.9 Å². The summed E-state index contributed by atoms with van der Waals surface area (Å²) in [5, 5.41) is 11.7. The number of carboxylic acids is 1. The van der Waals surface area contributed by atoms with Gasteiger partial charge in [0.1, 0.15) is 22.9 Å². The average molecular weight is 565 g/mol. The van der Waals surface area contributed by atoms with Crippen LogP contribution in [0.4, 0.5) is 20.5 Å². The Morgan fingerprint density at radius 1 is 0.951 bits per heavy atom. The molecule has 4 aromatic rings. The Labute approximate surface area is 232 Å². The van der Waals surface area contributed by atoms with Crippen molar-refractivity contribution in [1.82, 2.24) is 34.3 Å². The first-order valence-corrected chi connectivity index (χ1v) is 12.8. The summed E-state index contributed by atoms with van der Waals surface area (Å²) >= 11 is 0. The number of hydrogen-bond acceptors (Lipinski definition) is 8. The van der Waals surface area contributed by atoms with E-state index in [1.807, 2.05) is 18.4 Å². The van der Waals surface area contributed by atoms with Crippen LogP contribution in [0.25, 0.3) is 22.3 Å². The molecule has 14 heteroatoms. The molecule has 0 bridgehead atoms. The van der Waals surface area contributed by atoms with E-state index in [2.05, 4.69) is 25.3 Å². The molecule has 3 aromatic heterocycles. The molecule has 12 nitrogen and oxygen atoms in total. The van der Waals surface area contributed by atoms with Crippen LogP contribution in [0.3, 0.4) is 0 Å². The van der Waals surface area contributed by atoms with Crippen molar-refractivity contribution in [2.75, 3.05) is 31.5 Å². The third-order valence-corrected chi connectivity index (χ3v) is 6.75. The Morgan fingerprint density at radius 2 is 1.66 bits per heavy atom. The number of anilines is 2. The Kier molecular flexibility index (Phi) is 7.30. The van der Waals surface area contributed by atoms with Gasteiger partial charge < -0.3 is 24.8 Å². The standard InChI is InChI=1S/C27H26F2N8O4/c1-14(2)37-15(3)32-23-18(28)10-17(11-20(23)37)22-19(29)13-31-27(34-22)33-21-5-4-16(12-30-21)24(38)35-6-8-36(9-7-35)25(39)26(40)41/h4-5,10-14H,6-9H2,1-3H3,(H,40,41)(H,30,31,33,34). The maximum atomic E-state index is 15.0. The number of aromatic nitrogens is 5. The highest BCUT2D eigenvalue weighted by molar-refractivity contribution is 6.31. The van der Waals surface area contributed by atoms with E-state index in [1.165, 1.54) is 34.2 Å². The molecule has 4 heterocycles. The van der Waals surface area contributed by atoms with Crippen molar-refractivity contribution >= 4 is 40.6 Å². The molecule has 1 aliphatic heterocycles. The van der Waals surface area contributed by atoms with Crippen molar-refractivity contribution in [3.05, 3.63) is 59.7 Å². The molecule has 0 aliphatic carbocycles. The lowest BCUT2D eigenvalue weighted by Crippen LogP contribution is -2.52. The Hall–Kier alpha value is -5.01. The Balaban J connectivity index is 1.32. The second kappa shape index (κ2) is 10.9. The predicted octanol–water partition coefficient (Wildman–Crippen LogP) is 3.17. The van der Waals surface area contributed by atoms with Gasteiger partial charge in [0.15, 0.2) is 11.6 Å². The number of carboxylic acid groups (broad SMARTS) is 1. The van der Waals surface area contributed by atoms with E-state index in [-0.39, 0.29) is 72.2 Å². The number of imidazole rings is 1. The highest BCUT2D eigenvalue weighted by atomic mass is 19.1. The third-order valence-electron chi connectivity index (χ3n) is 6.75. The van der Waals surface area contributed by atoms with E-state index < -0.39 is 23.5 Å². The number of nitrogens with zero attached hydrogens (tertiary/aromatic N) is 7. The van der Waals surface area contributed by atoms with Gasteiger partial charge in [-0.1, -0.05) is 0 Å². The lowest BCUT2D eigenvalue weighted by atomic mass is 10.1. The average Bonchev–Trinajstić information content (AvgIpc) is 3.30. The van der Waals surface area contributed by atoms with Gasteiger partial charge in [-0.05, 0) is 45.0 Å². The molecule has 1 fully saturated rings. The second-order valence-corrected chi connectivity index (χ2v) is 9.79. The van der Waals surface area contributed by atoms with Crippen molar-refractivity contribution in [2.24, 2.45) is 0 Å². The van der Waals surface area contributed by atoms with Gasteiger partial charge in [0.2, 0.25) is 5.95 Å². The predicted molar refractivity (Wildman–Crippen MR) is 143 cm³/mol. The van der Waals surface area contributed by atoms with Crippen molar-refractivity contribution in [2.45, 2.75) is 26.8 Å². The molecule has 0 saturated carbocycles. The molecule has 0 atom stereocenters. The number of halogens is 2. The van der Waals surface area contributed by atoms with Gasteiger partial charge in [-0.25, -0.2) is 33.5 Å². The molecule has 0 unspecified atom stereocenters. The van der Waals surface area contributed by atoms with Crippen molar-refractivity contribution < 1.29 is 28.3 Å². The van der Waals surface area contributed by atoms with Crippen LogP contribution in [-0.4, -0.2) is 83.4 Å². The summed E-state index contributed by atoms with van der Waals surface area (Å²) in [7, 11) is 0. The number of hydrogen-bond donors (Lipinski definition) is 2. The van der Waals surface area contributed by atoms with Gasteiger partial charge in [-0.3, -0.25) is 9.59 Å². The number of rotatable bonds is 5. The van der Waals surface area contributed by atoms with Gasteiger partial charge in [0, 0.05) is 44.0 Å². The van der Waals surface area contributed by atoms with Crippen LogP contribution in [0.1, 0.15) is 36.1 Å². The monoisotopic (exact) mass is 564 g/mol. The highest BCUT2D eigenvalue weighted by Gasteiger charge is 2.28. The number of aliphatic carboxylic acids is 1. The molecule has 0 radical (unpaired) electrons. The fraction of sp³-hybridized carbons (Fsp3) is 0.296. The summed E-state index contributed by atoms with van der Waals surface area (Å²) in [4.78, 5) is 54.8. The topological polar surface area (TPSA) is 146 Å². The maximum absolute atomic E-state index is 15.0. The molecule has 1 saturated heterocycles. The summed E-state index contributed by atoms with van der Waals surface area (Å²) in [6, 6.07) is 5.90. The first kappa shape index (κ1) is 27.6. The minimum atomic E-state index is -1.53. The number of benzene rings is 1. The first-order chi connectivity index (χ1) is 19.5. The number of nitrogens with one attached hydrogen (secondary N) is 1. The molecule has 1 aromatic carbocycles. The number of aryl methyl sites for hydroxylation is 1. The summed E-state index contributed by atoms with van der Waals surface area (Å²) in [5.41, 5.74) is 1.12. The summed E-state index contributed by atoms with van der Waals surface area (Å²) in [5.74, 6) is -3.24. The summed E-state index contributed by atoms with van der Waals surface area (Å²) < 4.78 is 31.6. The molecule has 41 heavy (non-hydrogen) atoms. The SMILES string of the molecule is Cc1nc2c(F)cc(-c3nc(Nc4ccc(C(=O)N5CCN(C(=O)C(=O)O)CC5)cn4)ncc3F)cc2n1C(C)C. The minimum absolute atomic E-state index is 0.00814. The van der Waals surface area contributed by atoms with E-state index in [0.717, 1.165) is 6.20 Å². The summed E-state index contributed by atoms with van der Waals surface area (Å²) in [6.07, 6.45) is 2.33. The van der Waals surface area contributed by atoms with Crippen LogP contribution in [0, 0.1) is 18.6 Å². The van der Waals surface area contributed by atoms with E-state index in [4.69, 9.17) is 5.11 Å². The molecule has 212 valence electrons. The Morgan fingerprint density at radius 3 is 2.29 bits per heavy atom. The lowest BCUT2D eigenvalue weighted by molar-refractivity contribution is -0.156. The number of amides is 2. The van der Waals surface area contributed by atoms with Crippen LogP contribution < -0.4 is 5.32 Å². The van der Waals surface area contributed by atoms with E-state index in [1.54, 1.807) is 13.0 Å². The van der Waals surface area contributed by atoms with E-state index in [0.29, 0.717) is 11.3 Å². The molecule has 2 N–H and O–H groups in total. The largest absolute Gasteiger partial charge is 0.474 e. The normalized spacial score (nSPS) is 13.6. The molecule has 0 spiro atoms. The first-order valence-electron chi connectivity index (χ1n) is 12.8. The molecule has 5 rings (SSSR count). The molecular weight excluding hydrogens is 538 g/mol. The third kappa shape index (κ3) is 5.40. The number of piperazine rings is 1. The van der Waals surface area contributed by atoms with Crippen LogP contribution >= 0.6 is 0 Å². The zero-order valence-electron chi connectivity index (χ0n) is 22.4. The summed E-state index contributed by atoms with van der Waals surface area (Å²) in [6.45, 7) is 6.28. The van der Waals surface area contributed by atoms with Crippen LogP contribution in [-0.2, 0) is 9.59 Å². The van der Waals surface area contributed by atoms with Crippen LogP contribution in [0.5, 0.6) is 0 Å². The fourth-order valence-electron chi connectivity index (χ4n) is 4.83. The lowest BCUT2D eigenvalue weighted by Gasteiger charge is -2.33. The highest BCUT2D eigenvalue weighted by Crippen LogP contribution is 2.30. The number of pyridine rings is 1. The zero-order valence-corrected chi connectivity index (χ0v) is 22.4. The number of fused-ring (bicyclic) bond motifs is 1. The van der Waals surface area contributed by atoms with E-state index in [9.17, 15) is 23.2 Å². The Bertz CT molecular complexity index is 1660. The van der Waals surface area contributed by atoms with Crippen molar-refractivity contribution in [1.29, 1.82) is 0 Å². The molecular formula is C27H26F2N8O4. The molecule has 2 amide bonds. The van der Waals surface area contributed by atoms with Crippen LogP contribution in [0.2, 0.25) is 0 Å².